The van der Waals surface area contributed by atoms with Crippen molar-refractivity contribution in [3.63, 3.8) is 0 Å². The van der Waals surface area contributed by atoms with E-state index in [0.29, 0.717) is 17.6 Å². The van der Waals surface area contributed by atoms with Crippen LogP contribution in [-0.4, -0.2) is 59.8 Å². The van der Waals surface area contributed by atoms with Crippen LogP contribution in [0.15, 0.2) is 29.1 Å². The second kappa shape index (κ2) is 7.55. The molecule has 7 nitrogen and oxygen atoms in total. The van der Waals surface area contributed by atoms with Gasteiger partial charge in [-0.15, -0.1) is 0 Å². The summed E-state index contributed by atoms with van der Waals surface area (Å²) >= 11 is 0. The molecular formula is C17H22N4O3. The predicted molar refractivity (Wildman–Crippen MR) is 91.2 cm³/mol. The number of morpholine rings is 1. The summed E-state index contributed by atoms with van der Waals surface area (Å²) in [6.45, 7) is 4.83. The molecule has 0 spiro atoms. The minimum absolute atomic E-state index is 0.0532. The summed E-state index contributed by atoms with van der Waals surface area (Å²) in [6.07, 6.45) is 0.833. The molecule has 1 aromatic heterocycles. The number of rotatable bonds is 5. The van der Waals surface area contributed by atoms with Gasteiger partial charge in [0.1, 0.15) is 0 Å². The first-order valence-electron chi connectivity index (χ1n) is 8.21. The summed E-state index contributed by atoms with van der Waals surface area (Å²) < 4.78 is 6.77. The van der Waals surface area contributed by atoms with Gasteiger partial charge in [0, 0.05) is 26.7 Å². The maximum absolute atomic E-state index is 12.3. The van der Waals surface area contributed by atoms with Crippen LogP contribution in [0.25, 0.3) is 11.0 Å². The molecule has 1 aromatic carbocycles. The Bertz CT molecular complexity index is 781. The van der Waals surface area contributed by atoms with E-state index in [9.17, 15) is 9.59 Å². The predicted octanol–water partition coefficient (Wildman–Crippen LogP) is 0.386. The first-order chi connectivity index (χ1) is 11.7. The summed E-state index contributed by atoms with van der Waals surface area (Å²) in [5.41, 5.74) is 0.923. The van der Waals surface area contributed by atoms with Gasteiger partial charge in [0.2, 0.25) is 0 Å². The van der Waals surface area contributed by atoms with Crippen LogP contribution in [0.1, 0.15) is 16.9 Å². The van der Waals surface area contributed by atoms with Crippen LogP contribution in [0.4, 0.5) is 0 Å². The second-order valence-corrected chi connectivity index (χ2v) is 5.88. The standard InChI is InChI=1S/C17H22N4O3/c1-20-14-6-3-2-5-13(14)19-15(17(20)23)16(22)18-7-4-8-21-9-11-24-12-10-21/h2-3,5-6H,4,7-12H2,1H3,(H,18,22). The summed E-state index contributed by atoms with van der Waals surface area (Å²) in [4.78, 5) is 31.2. The Kier molecular flexibility index (Phi) is 5.22. The average Bonchev–Trinajstić information content (AvgIpc) is 2.62. The lowest BCUT2D eigenvalue weighted by atomic mass is 10.2. The van der Waals surface area contributed by atoms with E-state index in [1.807, 2.05) is 18.2 Å². The Morgan fingerprint density at radius 2 is 2.04 bits per heavy atom. The molecule has 2 heterocycles. The zero-order valence-electron chi connectivity index (χ0n) is 13.8. The number of aromatic nitrogens is 2. The Morgan fingerprint density at radius 3 is 2.83 bits per heavy atom. The number of hydrogen-bond donors (Lipinski definition) is 1. The van der Waals surface area contributed by atoms with Crippen molar-refractivity contribution in [3.05, 3.63) is 40.3 Å². The third-order valence-electron chi connectivity index (χ3n) is 4.24. The maximum atomic E-state index is 12.3. The highest BCUT2D eigenvalue weighted by Gasteiger charge is 2.16. The third-order valence-corrected chi connectivity index (χ3v) is 4.24. The zero-order chi connectivity index (χ0) is 16.9. The number of fused-ring (bicyclic) bond motifs is 1. The highest BCUT2D eigenvalue weighted by atomic mass is 16.5. The van der Waals surface area contributed by atoms with Gasteiger partial charge in [0.15, 0.2) is 5.69 Å². The molecule has 3 rings (SSSR count). The van der Waals surface area contributed by atoms with Crippen LogP contribution < -0.4 is 10.9 Å². The number of carbonyl (C=O) groups is 1. The number of carbonyl (C=O) groups excluding carboxylic acids is 1. The summed E-state index contributed by atoms with van der Waals surface area (Å²) in [6, 6.07) is 7.29. The molecule has 1 fully saturated rings. The second-order valence-electron chi connectivity index (χ2n) is 5.88. The molecular weight excluding hydrogens is 308 g/mol. The summed E-state index contributed by atoms with van der Waals surface area (Å²) in [5, 5.41) is 2.80. The minimum Gasteiger partial charge on any atom is -0.379 e. The number of nitrogens with one attached hydrogen (secondary N) is 1. The van der Waals surface area contributed by atoms with E-state index in [-0.39, 0.29) is 11.3 Å². The molecule has 0 atom stereocenters. The number of para-hydroxylation sites is 2. The topological polar surface area (TPSA) is 76.5 Å². The molecule has 1 amide bonds. The van der Waals surface area contributed by atoms with Crippen LogP contribution in [0.3, 0.4) is 0 Å². The number of hydrogen-bond acceptors (Lipinski definition) is 5. The van der Waals surface area contributed by atoms with Crippen molar-refractivity contribution in [2.75, 3.05) is 39.4 Å². The number of ether oxygens (including phenoxy) is 1. The quantitative estimate of drug-likeness (QED) is 0.803. The van der Waals surface area contributed by atoms with Gasteiger partial charge in [0.25, 0.3) is 11.5 Å². The van der Waals surface area contributed by atoms with Gasteiger partial charge in [-0.1, -0.05) is 12.1 Å². The molecule has 0 radical (unpaired) electrons. The van der Waals surface area contributed by atoms with E-state index in [2.05, 4.69) is 15.2 Å². The largest absolute Gasteiger partial charge is 0.379 e. The molecule has 0 unspecified atom stereocenters. The fourth-order valence-corrected chi connectivity index (χ4v) is 2.84. The van der Waals surface area contributed by atoms with Crippen molar-refractivity contribution >= 4 is 16.9 Å². The lowest BCUT2D eigenvalue weighted by Crippen LogP contribution is -2.39. The van der Waals surface area contributed by atoms with Gasteiger partial charge >= 0.3 is 0 Å². The summed E-state index contributed by atoms with van der Waals surface area (Å²) in [5.74, 6) is -0.414. The number of benzene rings is 1. The number of nitrogens with zero attached hydrogens (tertiary/aromatic N) is 3. The normalized spacial score (nSPS) is 15.5. The van der Waals surface area contributed by atoms with Crippen molar-refractivity contribution < 1.29 is 9.53 Å². The van der Waals surface area contributed by atoms with Gasteiger partial charge in [-0.05, 0) is 25.1 Å². The van der Waals surface area contributed by atoms with Crippen molar-refractivity contribution in [3.8, 4) is 0 Å². The number of aryl methyl sites for hydroxylation is 1. The third kappa shape index (κ3) is 3.63. The molecule has 0 saturated carbocycles. The lowest BCUT2D eigenvalue weighted by molar-refractivity contribution is 0.0374. The Balaban J connectivity index is 1.61. The Labute approximate surface area is 140 Å². The van der Waals surface area contributed by atoms with E-state index in [0.717, 1.165) is 39.3 Å². The fraction of sp³-hybridized carbons (Fsp3) is 0.471. The fourth-order valence-electron chi connectivity index (χ4n) is 2.84. The van der Waals surface area contributed by atoms with Gasteiger partial charge in [-0.25, -0.2) is 4.98 Å². The molecule has 7 heteroatoms. The van der Waals surface area contributed by atoms with Crippen LogP contribution in [0.5, 0.6) is 0 Å². The van der Waals surface area contributed by atoms with Crippen LogP contribution in [0, 0.1) is 0 Å². The van der Waals surface area contributed by atoms with E-state index in [1.165, 1.54) is 4.57 Å². The molecule has 0 aliphatic carbocycles. The monoisotopic (exact) mass is 330 g/mol. The minimum atomic E-state index is -0.414. The van der Waals surface area contributed by atoms with Crippen LogP contribution in [-0.2, 0) is 11.8 Å². The van der Waals surface area contributed by atoms with Crippen LogP contribution >= 0.6 is 0 Å². The summed E-state index contributed by atoms with van der Waals surface area (Å²) in [7, 11) is 1.65. The maximum Gasteiger partial charge on any atom is 0.282 e. The van der Waals surface area contributed by atoms with Crippen molar-refractivity contribution in [2.45, 2.75) is 6.42 Å². The first-order valence-corrected chi connectivity index (χ1v) is 8.21. The van der Waals surface area contributed by atoms with E-state index in [1.54, 1.807) is 13.1 Å². The van der Waals surface area contributed by atoms with Crippen molar-refractivity contribution in [2.24, 2.45) is 7.05 Å². The van der Waals surface area contributed by atoms with Gasteiger partial charge in [0.05, 0.1) is 24.2 Å². The average molecular weight is 330 g/mol. The molecule has 128 valence electrons. The van der Waals surface area contributed by atoms with Crippen LogP contribution in [0.2, 0.25) is 0 Å². The highest BCUT2D eigenvalue weighted by Crippen LogP contribution is 2.08. The molecule has 1 saturated heterocycles. The SMILES string of the molecule is Cn1c(=O)c(C(=O)NCCCN2CCOCC2)nc2ccccc21. The molecule has 0 bridgehead atoms. The van der Waals surface area contributed by atoms with Crippen molar-refractivity contribution in [1.82, 2.24) is 19.8 Å². The number of amides is 1. The smallest absolute Gasteiger partial charge is 0.282 e. The van der Waals surface area contributed by atoms with Crippen molar-refractivity contribution in [1.29, 1.82) is 0 Å². The Morgan fingerprint density at radius 1 is 1.29 bits per heavy atom. The van der Waals surface area contributed by atoms with E-state index >= 15 is 0 Å². The molecule has 1 aliphatic rings. The highest BCUT2D eigenvalue weighted by molar-refractivity contribution is 5.93. The lowest BCUT2D eigenvalue weighted by Gasteiger charge is -2.26. The first kappa shape index (κ1) is 16.6. The molecule has 2 aromatic rings. The van der Waals surface area contributed by atoms with Gasteiger partial charge < -0.3 is 14.6 Å². The van der Waals surface area contributed by atoms with Gasteiger partial charge in [-0.2, -0.15) is 0 Å². The van der Waals surface area contributed by atoms with E-state index < -0.39 is 5.91 Å². The van der Waals surface area contributed by atoms with E-state index in [4.69, 9.17) is 4.74 Å². The van der Waals surface area contributed by atoms with Gasteiger partial charge in [-0.3, -0.25) is 14.5 Å². The molecule has 1 aliphatic heterocycles. The molecule has 1 N–H and O–H groups in total. The molecule has 24 heavy (non-hydrogen) atoms. The Hall–Kier alpha value is -2.25. The zero-order valence-corrected chi connectivity index (χ0v) is 13.8.